The minimum Gasteiger partial charge on any atom is -0.345 e. The molecule has 30 heavy (non-hydrogen) atoms. The largest absolute Gasteiger partial charge is 0.345 e. The lowest BCUT2D eigenvalue weighted by atomic mass is 10.2. The second-order valence-electron chi connectivity index (χ2n) is 6.67. The first-order valence-electron chi connectivity index (χ1n) is 9.66. The van der Waals surface area contributed by atoms with Crippen LogP contribution in [-0.4, -0.2) is 20.9 Å². The summed E-state index contributed by atoms with van der Waals surface area (Å²) in [6.07, 6.45) is 4.83. The maximum Gasteiger partial charge on any atom is 0.271 e. The van der Waals surface area contributed by atoms with Crippen molar-refractivity contribution >= 4 is 17.4 Å². The summed E-state index contributed by atoms with van der Waals surface area (Å²) >= 11 is 0. The van der Waals surface area contributed by atoms with Gasteiger partial charge in [0.25, 0.3) is 5.91 Å². The van der Waals surface area contributed by atoms with Crippen LogP contribution in [0.5, 0.6) is 0 Å². The first-order valence-corrected chi connectivity index (χ1v) is 9.66. The van der Waals surface area contributed by atoms with Crippen LogP contribution in [-0.2, 0) is 13.1 Å². The number of rotatable bonds is 7. The highest BCUT2D eigenvalue weighted by Gasteiger charge is 2.14. The van der Waals surface area contributed by atoms with Crippen molar-refractivity contribution in [2.24, 2.45) is 0 Å². The molecule has 0 unspecified atom stereocenters. The zero-order chi connectivity index (χ0) is 20.6. The molecule has 0 saturated heterocycles. The lowest BCUT2D eigenvalue weighted by molar-refractivity contribution is 0.0945. The predicted octanol–water partition coefficient (Wildman–Crippen LogP) is 4.14. The summed E-state index contributed by atoms with van der Waals surface area (Å²) in [7, 11) is 0. The lowest BCUT2D eigenvalue weighted by Gasteiger charge is -2.23. The first-order chi connectivity index (χ1) is 14.8. The number of anilines is 2. The second kappa shape index (κ2) is 9.43. The van der Waals surface area contributed by atoms with Gasteiger partial charge in [-0.1, -0.05) is 54.6 Å². The molecule has 2 aromatic carbocycles. The molecular weight excluding hydrogens is 374 g/mol. The summed E-state index contributed by atoms with van der Waals surface area (Å²) in [6.45, 7) is 0.984. The van der Waals surface area contributed by atoms with Crippen molar-refractivity contribution in [2.75, 3.05) is 4.90 Å². The van der Waals surface area contributed by atoms with Crippen LogP contribution >= 0.6 is 0 Å². The average Bonchev–Trinajstić information content (AvgIpc) is 2.83. The summed E-state index contributed by atoms with van der Waals surface area (Å²) in [5.41, 5.74) is 3.21. The van der Waals surface area contributed by atoms with E-state index in [1.54, 1.807) is 12.4 Å². The van der Waals surface area contributed by atoms with Gasteiger partial charge in [0.15, 0.2) is 5.82 Å². The molecule has 6 heteroatoms. The summed E-state index contributed by atoms with van der Waals surface area (Å²) in [5, 5.41) is 2.82. The monoisotopic (exact) mass is 395 g/mol. The molecule has 0 aliphatic carbocycles. The maximum atomic E-state index is 12.4. The third kappa shape index (κ3) is 4.86. The van der Waals surface area contributed by atoms with Crippen molar-refractivity contribution < 1.29 is 4.79 Å². The molecule has 0 fully saturated rings. The van der Waals surface area contributed by atoms with Crippen molar-refractivity contribution in [3.8, 4) is 0 Å². The molecule has 4 rings (SSSR count). The van der Waals surface area contributed by atoms with E-state index in [4.69, 9.17) is 0 Å². The fourth-order valence-electron chi connectivity index (χ4n) is 3.02. The average molecular weight is 395 g/mol. The molecule has 0 aliphatic rings. The van der Waals surface area contributed by atoms with Gasteiger partial charge in [0, 0.05) is 18.4 Å². The Bertz CT molecular complexity index is 1070. The van der Waals surface area contributed by atoms with Crippen molar-refractivity contribution in [1.82, 2.24) is 20.3 Å². The molecule has 6 nitrogen and oxygen atoms in total. The van der Waals surface area contributed by atoms with Crippen LogP contribution in [0, 0.1) is 0 Å². The Balaban J connectivity index is 1.51. The van der Waals surface area contributed by atoms with E-state index in [2.05, 4.69) is 37.3 Å². The fourth-order valence-corrected chi connectivity index (χ4v) is 3.02. The minimum atomic E-state index is -0.283. The van der Waals surface area contributed by atoms with E-state index in [0.29, 0.717) is 18.9 Å². The molecule has 0 spiro atoms. The van der Waals surface area contributed by atoms with Crippen LogP contribution in [0.2, 0.25) is 0 Å². The van der Waals surface area contributed by atoms with Gasteiger partial charge in [-0.3, -0.25) is 9.78 Å². The van der Waals surface area contributed by atoms with Gasteiger partial charge in [0.2, 0.25) is 0 Å². The molecule has 0 bridgehead atoms. The van der Waals surface area contributed by atoms with Crippen LogP contribution in [0.4, 0.5) is 11.5 Å². The Morgan fingerprint density at radius 1 is 0.800 bits per heavy atom. The number of nitrogens with one attached hydrogen (secondary N) is 1. The van der Waals surface area contributed by atoms with E-state index in [-0.39, 0.29) is 11.6 Å². The summed E-state index contributed by atoms with van der Waals surface area (Å²) in [5.74, 6) is 0.389. The van der Waals surface area contributed by atoms with Crippen molar-refractivity contribution in [1.29, 1.82) is 0 Å². The first kappa shape index (κ1) is 19.3. The number of carbonyl (C=O) groups is 1. The number of hydrogen-bond donors (Lipinski definition) is 1. The number of nitrogens with zero attached hydrogens (tertiary/aromatic N) is 4. The Kier molecular flexibility index (Phi) is 6.05. The van der Waals surface area contributed by atoms with Gasteiger partial charge in [-0.15, -0.1) is 0 Å². The molecule has 4 aromatic rings. The highest BCUT2D eigenvalue weighted by molar-refractivity contribution is 5.92. The third-order valence-corrected chi connectivity index (χ3v) is 4.55. The zero-order valence-electron chi connectivity index (χ0n) is 16.3. The van der Waals surface area contributed by atoms with Crippen molar-refractivity contribution in [3.05, 3.63) is 114 Å². The van der Waals surface area contributed by atoms with Gasteiger partial charge >= 0.3 is 0 Å². The molecule has 0 aliphatic heterocycles. The number of amides is 1. The number of carbonyl (C=O) groups excluding carboxylic acids is 1. The van der Waals surface area contributed by atoms with Gasteiger partial charge < -0.3 is 10.2 Å². The van der Waals surface area contributed by atoms with E-state index < -0.39 is 0 Å². The molecule has 1 N–H and O–H groups in total. The molecule has 148 valence electrons. The third-order valence-electron chi connectivity index (χ3n) is 4.55. The number of hydrogen-bond acceptors (Lipinski definition) is 5. The van der Waals surface area contributed by atoms with Crippen LogP contribution in [0.1, 0.15) is 21.7 Å². The quantitative estimate of drug-likeness (QED) is 0.509. The van der Waals surface area contributed by atoms with Gasteiger partial charge in [0.05, 0.1) is 24.6 Å². The lowest BCUT2D eigenvalue weighted by Crippen LogP contribution is -2.25. The Labute approximate surface area is 175 Å². The zero-order valence-corrected chi connectivity index (χ0v) is 16.3. The number of para-hydroxylation sites is 1. The summed E-state index contributed by atoms with van der Waals surface area (Å²) in [4.78, 5) is 27.5. The SMILES string of the molecule is O=C(NCc1ccccn1)c1cnc(N(Cc2ccccc2)c2ccccc2)cn1. The number of benzene rings is 2. The highest BCUT2D eigenvalue weighted by atomic mass is 16.1. The minimum absolute atomic E-state index is 0.266. The summed E-state index contributed by atoms with van der Waals surface area (Å²) < 4.78 is 0. The Hall–Kier alpha value is -4.06. The fraction of sp³-hybridized carbons (Fsp3) is 0.0833. The Morgan fingerprint density at radius 3 is 2.20 bits per heavy atom. The predicted molar refractivity (Wildman–Crippen MR) is 116 cm³/mol. The molecule has 0 saturated carbocycles. The Morgan fingerprint density at radius 2 is 1.53 bits per heavy atom. The van der Waals surface area contributed by atoms with Crippen molar-refractivity contribution in [2.45, 2.75) is 13.1 Å². The van der Waals surface area contributed by atoms with Gasteiger partial charge in [-0.25, -0.2) is 9.97 Å². The van der Waals surface area contributed by atoms with Crippen LogP contribution < -0.4 is 10.2 Å². The van der Waals surface area contributed by atoms with Gasteiger partial charge in [-0.05, 0) is 29.8 Å². The van der Waals surface area contributed by atoms with Crippen LogP contribution in [0.3, 0.4) is 0 Å². The van der Waals surface area contributed by atoms with Gasteiger partial charge in [0.1, 0.15) is 5.69 Å². The van der Waals surface area contributed by atoms with E-state index in [0.717, 1.165) is 16.9 Å². The molecular formula is C24H21N5O. The topological polar surface area (TPSA) is 71.0 Å². The van der Waals surface area contributed by atoms with Crippen molar-refractivity contribution in [3.63, 3.8) is 0 Å². The standard InChI is InChI=1S/C24H21N5O/c30-24(28-15-20-11-7-8-14-25-20)22-16-27-23(17-26-22)29(21-12-5-2-6-13-21)18-19-9-3-1-4-10-19/h1-14,16-17H,15,18H2,(H,28,30). The smallest absolute Gasteiger partial charge is 0.271 e. The summed E-state index contributed by atoms with van der Waals surface area (Å²) in [6, 6.07) is 25.7. The number of aromatic nitrogens is 3. The highest BCUT2D eigenvalue weighted by Crippen LogP contribution is 2.25. The molecule has 2 heterocycles. The molecule has 0 atom stereocenters. The van der Waals surface area contributed by atoms with E-state index >= 15 is 0 Å². The van der Waals surface area contributed by atoms with Gasteiger partial charge in [-0.2, -0.15) is 0 Å². The normalized spacial score (nSPS) is 10.4. The van der Waals surface area contributed by atoms with E-state index in [1.165, 1.54) is 6.20 Å². The number of pyridine rings is 1. The van der Waals surface area contributed by atoms with E-state index in [9.17, 15) is 4.79 Å². The maximum absolute atomic E-state index is 12.4. The van der Waals surface area contributed by atoms with E-state index in [1.807, 2.05) is 66.7 Å². The molecule has 2 aromatic heterocycles. The van der Waals surface area contributed by atoms with Crippen LogP contribution in [0.25, 0.3) is 0 Å². The van der Waals surface area contributed by atoms with Crippen LogP contribution in [0.15, 0.2) is 97.5 Å². The molecule has 1 amide bonds. The molecule has 0 radical (unpaired) electrons. The second-order valence-corrected chi connectivity index (χ2v) is 6.67.